The van der Waals surface area contributed by atoms with Gasteiger partial charge in [0.2, 0.25) is 0 Å². The quantitative estimate of drug-likeness (QED) is 0.628. The van der Waals surface area contributed by atoms with Gasteiger partial charge in [0, 0.05) is 12.6 Å². The number of halogens is 1. The molecule has 0 saturated carbocycles. The van der Waals surface area contributed by atoms with Crippen molar-refractivity contribution in [2.24, 2.45) is 5.41 Å². The van der Waals surface area contributed by atoms with Crippen LogP contribution in [-0.4, -0.2) is 28.5 Å². The Morgan fingerprint density at radius 3 is 2.55 bits per heavy atom. The molecule has 108 valence electrons. The molecule has 0 atom stereocenters. The van der Waals surface area contributed by atoms with E-state index in [0.717, 1.165) is 0 Å². The Balaban J connectivity index is 2.92. The normalized spacial score (nSPS) is 10.9. The minimum absolute atomic E-state index is 0.0654. The minimum atomic E-state index is -1.12. The molecule has 0 aliphatic carbocycles. The SMILES string of the molecule is CC(C)(CNC(=O)c1cccc([N+](=O)[O-])c1Br)C(=O)O. The third-order valence-corrected chi connectivity index (χ3v) is 3.52. The fourth-order valence-electron chi connectivity index (χ4n) is 1.31. The zero-order valence-electron chi connectivity index (χ0n) is 10.8. The molecular weight excluding hydrogens is 332 g/mol. The van der Waals surface area contributed by atoms with E-state index in [2.05, 4.69) is 21.2 Å². The number of nitrogens with zero attached hydrogens (tertiary/aromatic N) is 1. The van der Waals surface area contributed by atoms with Gasteiger partial charge < -0.3 is 10.4 Å². The van der Waals surface area contributed by atoms with Gasteiger partial charge in [-0.1, -0.05) is 6.07 Å². The van der Waals surface area contributed by atoms with Gasteiger partial charge in [0.15, 0.2) is 0 Å². The van der Waals surface area contributed by atoms with Crippen LogP contribution in [0.4, 0.5) is 5.69 Å². The fourth-order valence-corrected chi connectivity index (χ4v) is 1.90. The number of benzene rings is 1. The van der Waals surface area contributed by atoms with Gasteiger partial charge in [0.05, 0.1) is 15.9 Å². The molecule has 0 aromatic heterocycles. The third-order valence-electron chi connectivity index (χ3n) is 2.69. The Morgan fingerprint density at radius 2 is 2.05 bits per heavy atom. The number of carbonyl (C=O) groups excluding carboxylic acids is 1. The molecule has 1 rings (SSSR count). The van der Waals surface area contributed by atoms with Crippen molar-refractivity contribution in [1.82, 2.24) is 5.32 Å². The number of hydrogen-bond donors (Lipinski definition) is 2. The fraction of sp³-hybridized carbons (Fsp3) is 0.333. The second-order valence-electron chi connectivity index (χ2n) is 4.77. The molecule has 1 aromatic carbocycles. The van der Waals surface area contributed by atoms with Crippen molar-refractivity contribution >= 4 is 33.5 Å². The monoisotopic (exact) mass is 344 g/mol. The number of nitrogens with one attached hydrogen (secondary N) is 1. The first-order valence-corrected chi connectivity index (χ1v) is 6.40. The van der Waals surface area contributed by atoms with E-state index in [1.807, 2.05) is 0 Å². The average Bonchev–Trinajstić information content (AvgIpc) is 2.35. The first kappa shape index (κ1) is 16.1. The number of nitro benzene ring substituents is 1. The van der Waals surface area contributed by atoms with E-state index in [1.54, 1.807) is 0 Å². The standard InChI is InChI=1S/C12H13BrN2O5/c1-12(2,11(17)18)6-14-10(16)7-4-3-5-8(9(7)13)15(19)20/h3-5H,6H2,1-2H3,(H,14,16)(H,17,18). The summed E-state index contributed by atoms with van der Waals surface area (Å²) in [6.45, 7) is 2.85. The molecule has 0 aliphatic heterocycles. The molecule has 1 amide bonds. The smallest absolute Gasteiger partial charge is 0.310 e. The summed E-state index contributed by atoms with van der Waals surface area (Å²) < 4.78 is 0.0654. The van der Waals surface area contributed by atoms with Crippen molar-refractivity contribution in [3.63, 3.8) is 0 Å². The van der Waals surface area contributed by atoms with E-state index in [9.17, 15) is 19.7 Å². The predicted molar refractivity (Wildman–Crippen MR) is 74.5 cm³/mol. The summed E-state index contributed by atoms with van der Waals surface area (Å²) in [5.41, 5.74) is -1.27. The Kier molecular flexibility index (Phi) is 4.83. The van der Waals surface area contributed by atoms with E-state index >= 15 is 0 Å². The van der Waals surface area contributed by atoms with Gasteiger partial charge >= 0.3 is 5.97 Å². The van der Waals surface area contributed by atoms with Gasteiger partial charge in [0.1, 0.15) is 4.47 Å². The van der Waals surface area contributed by atoms with Gasteiger partial charge in [-0.05, 0) is 35.8 Å². The minimum Gasteiger partial charge on any atom is -0.481 e. The number of carbonyl (C=O) groups is 2. The lowest BCUT2D eigenvalue weighted by atomic mass is 9.94. The summed E-state index contributed by atoms with van der Waals surface area (Å²) in [5.74, 6) is -1.62. The highest BCUT2D eigenvalue weighted by molar-refractivity contribution is 9.10. The lowest BCUT2D eigenvalue weighted by molar-refractivity contribution is -0.385. The Labute approximate surface area is 123 Å². The number of amides is 1. The van der Waals surface area contributed by atoms with Gasteiger partial charge in [-0.2, -0.15) is 0 Å². The topological polar surface area (TPSA) is 110 Å². The van der Waals surface area contributed by atoms with E-state index in [4.69, 9.17) is 5.11 Å². The zero-order chi connectivity index (χ0) is 15.5. The van der Waals surface area contributed by atoms with Gasteiger partial charge in [-0.15, -0.1) is 0 Å². The molecular formula is C12H13BrN2O5. The van der Waals surface area contributed by atoms with Crippen LogP contribution in [0.2, 0.25) is 0 Å². The van der Waals surface area contributed by atoms with E-state index < -0.39 is 22.2 Å². The largest absolute Gasteiger partial charge is 0.481 e. The lowest BCUT2D eigenvalue weighted by Crippen LogP contribution is -2.39. The molecule has 0 radical (unpaired) electrons. The maximum atomic E-state index is 12.0. The second kappa shape index (κ2) is 6.00. The third kappa shape index (κ3) is 3.53. The van der Waals surface area contributed by atoms with Crippen LogP contribution in [0, 0.1) is 15.5 Å². The summed E-state index contributed by atoms with van der Waals surface area (Å²) in [6, 6.07) is 4.07. The summed E-state index contributed by atoms with van der Waals surface area (Å²) >= 11 is 3.01. The van der Waals surface area contributed by atoms with Crippen LogP contribution in [0.3, 0.4) is 0 Å². The summed E-state index contributed by atoms with van der Waals surface area (Å²) in [4.78, 5) is 33.0. The van der Waals surface area contributed by atoms with Crippen molar-refractivity contribution < 1.29 is 19.6 Å². The van der Waals surface area contributed by atoms with Crippen molar-refractivity contribution in [3.8, 4) is 0 Å². The highest BCUT2D eigenvalue weighted by Crippen LogP contribution is 2.28. The first-order valence-electron chi connectivity index (χ1n) is 5.61. The number of nitro groups is 1. The molecule has 0 spiro atoms. The van der Waals surface area contributed by atoms with Crippen molar-refractivity contribution in [1.29, 1.82) is 0 Å². The molecule has 1 aromatic rings. The van der Waals surface area contributed by atoms with Crippen molar-refractivity contribution in [3.05, 3.63) is 38.3 Å². The van der Waals surface area contributed by atoms with Crippen molar-refractivity contribution in [2.45, 2.75) is 13.8 Å². The Hall–Kier alpha value is -1.96. The van der Waals surface area contributed by atoms with Crippen LogP contribution in [0.25, 0.3) is 0 Å². The van der Waals surface area contributed by atoms with Gasteiger partial charge in [-0.25, -0.2) is 0 Å². The maximum Gasteiger partial charge on any atom is 0.310 e. The molecule has 2 N–H and O–H groups in total. The molecule has 20 heavy (non-hydrogen) atoms. The number of carboxylic acid groups (broad SMARTS) is 1. The lowest BCUT2D eigenvalue weighted by Gasteiger charge is -2.19. The molecule has 0 unspecified atom stereocenters. The van der Waals surface area contributed by atoms with Crippen LogP contribution in [-0.2, 0) is 4.79 Å². The highest BCUT2D eigenvalue weighted by Gasteiger charge is 2.28. The van der Waals surface area contributed by atoms with E-state index in [1.165, 1.54) is 32.0 Å². The number of aliphatic carboxylic acids is 1. The molecule has 0 heterocycles. The summed E-state index contributed by atoms with van der Waals surface area (Å²) in [5, 5.41) is 22.2. The number of hydrogen-bond acceptors (Lipinski definition) is 4. The molecule has 0 fully saturated rings. The van der Waals surface area contributed by atoms with Crippen LogP contribution in [0.5, 0.6) is 0 Å². The second-order valence-corrected chi connectivity index (χ2v) is 5.56. The highest BCUT2D eigenvalue weighted by atomic mass is 79.9. The summed E-state index contributed by atoms with van der Waals surface area (Å²) in [6.07, 6.45) is 0. The van der Waals surface area contributed by atoms with Crippen LogP contribution < -0.4 is 5.32 Å². The van der Waals surface area contributed by atoms with Gasteiger partial charge in [0.25, 0.3) is 11.6 Å². The van der Waals surface area contributed by atoms with Crippen molar-refractivity contribution in [2.75, 3.05) is 6.54 Å². The molecule has 0 aliphatic rings. The summed E-state index contributed by atoms with van der Waals surface area (Å²) in [7, 11) is 0. The predicted octanol–water partition coefficient (Wildman–Crippen LogP) is 2.20. The number of rotatable bonds is 5. The van der Waals surface area contributed by atoms with E-state index in [-0.39, 0.29) is 22.3 Å². The Bertz CT molecular complexity index is 571. The first-order chi connectivity index (χ1) is 9.16. The molecule has 0 bridgehead atoms. The molecule has 0 saturated heterocycles. The van der Waals surface area contributed by atoms with Crippen LogP contribution in [0.15, 0.2) is 22.7 Å². The zero-order valence-corrected chi connectivity index (χ0v) is 12.4. The maximum absolute atomic E-state index is 12.0. The average molecular weight is 345 g/mol. The van der Waals surface area contributed by atoms with Crippen LogP contribution >= 0.6 is 15.9 Å². The Morgan fingerprint density at radius 1 is 1.45 bits per heavy atom. The van der Waals surface area contributed by atoms with Gasteiger partial charge in [-0.3, -0.25) is 19.7 Å². The van der Waals surface area contributed by atoms with Crippen LogP contribution in [0.1, 0.15) is 24.2 Å². The number of carboxylic acids is 1. The molecule has 7 nitrogen and oxygen atoms in total. The van der Waals surface area contributed by atoms with E-state index in [0.29, 0.717) is 0 Å². The molecule has 8 heteroatoms.